The molecule has 1 unspecified atom stereocenters. The summed E-state index contributed by atoms with van der Waals surface area (Å²) < 4.78 is 25.4. The zero-order chi connectivity index (χ0) is 8.27. The molecule has 0 aromatic carbocycles. The molecule has 1 rings (SSSR count). The van der Waals surface area contributed by atoms with Crippen molar-refractivity contribution in [1.82, 2.24) is 4.68 Å². The van der Waals surface area contributed by atoms with E-state index in [0.29, 0.717) is 0 Å². The minimum Gasteiger partial charge on any atom is -0.318 e. The lowest BCUT2D eigenvalue weighted by Crippen LogP contribution is -2.30. The number of aromatic nitrogens is 1. The van der Waals surface area contributed by atoms with E-state index in [-0.39, 0.29) is 0 Å². The van der Waals surface area contributed by atoms with Gasteiger partial charge in [-0.25, -0.2) is 8.78 Å². The van der Waals surface area contributed by atoms with Crippen LogP contribution in [0.15, 0.2) is 24.5 Å². The van der Waals surface area contributed by atoms with Crippen molar-refractivity contribution < 1.29 is 8.78 Å². The van der Waals surface area contributed by atoms with Crippen LogP contribution in [0.4, 0.5) is 8.78 Å². The minimum absolute atomic E-state index is 0.817. The first-order chi connectivity index (χ1) is 5.20. The van der Waals surface area contributed by atoms with E-state index in [4.69, 9.17) is 0 Å². The van der Waals surface area contributed by atoms with Gasteiger partial charge < -0.3 is 5.43 Å². The van der Waals surface area contributed by atoms with Crippen LogP contribution in [0.5, 0.6) is 0 Å². The van der Waals surface area contributed by atoms with E-state index < -0.39 is 12.5 Å². The van der Waals surface area contributed by atoms with Crippen LogP contribution in [-0.2, 0) is 0 Å². The summed E-state index contributed by atoms with van der Waals surface area (Å²) in [6.07, 6.45) is 1.02. The Morgan fingerprint density at radius 1 is 1.27 bits per heavy atom. The highest BCUT2D eigenvalue weighted by atomic mass is 19.3. The first-order valence-electron chi connectivity index (χ1n) is 3.38. The van der Waals surface area contributed by atoms with Crippen LogP contribution in [0.25, 0.3) is 0 Å². The molecule has 0 aliphatic carbocycles. The second kappa shape index (κ2) is 3.37. The van der Waals surface area contributed by atoms with E-state index in [1.54, 1.807) is 24.5 Å². The van der Waals surface area contributed by atoms with E-state index in [2.05, 4.69) is 5.43 Å². The van der Waals surface area contributed by atoms with Gasteiger partial charge in [0.15, 0.2) is 0 Å². The number of halogens is 2. The minimum atomic E-state index is -2.34. The van der Waals surface area contributed by atoms with Crippen molar-refractivity contribution in [2.24, 2.45) is 0 Å². The van der Waals surface area contributed by atoms with Crippen molar-refractivity contribution in [1.29, 1.82) is 0 Å². The first kappa shape index (κ1) is 8.04. The topological polar surface area (TPSA) is 17.0 Å². The van der Waals surface area contributed by atoms with Gasteiger partial charge in [0.1, 0.15) is 6.04 Å². The molecule has 2 nitrogen and oxygen atoms in total. The highest BCUT2D eigenvalue weighted by Crippen LogP contribution is 2.00. The molecule has 1 aromatic heterocycles. The van der Waals surface area contributed by atoms with E-state index in [1.807, 2.05) is 0 Å². The van der Waals surface area contributed by atoms with E-state index in [0.717, 1.165) is 0 Å². The lowest BCUT2D eigenvalue weighted by atomic mass is 10.4. The van der Waals surface area contributed by atoms with Gasteiger partial charge >= 0.3 is 0 Å². The zero-order valence-corrected chi connectivity index (χ0v) is 6.17. The molecule has 1 heterocycles. The van der Waals surface area contributed by atoms with Gasteiger partial charge in [-0.3, -0.25) is 4.68 Å². The maximum atomic E-state index is 11.9. The number of nitrogens with one attached hydrogen (secondary N) is 1. The van der Waals surface area contributed by atoms with E-state index in [1.165, 1.54) is 11.6 Å². The molecule has 0 aliphatic heterocycles. The summed E-state index contributed by atoms with van der Waals surface area (Å²) in [6.45, 7) is 1.44. The number of hydrogen-bond acceptors (Lipinski definition) is 1. The molecule has 0 aliphatic rings. The summed E-state index contributed by atoms with van der Waals surface area (Å²) in [7, 11) is 0. The molecule has 4 heteroatoms. The second-order valence-corrected chi connectivity index (χ2v) is 2.34. The Morgan fingerprint density at radius 3 is 2.27 bits per heavy atom. The van der Waals surface area contributed by atoms with E-state index in [9.17, 15) is 8.78 Å². The monoisotopic (exact) mass is 160 g/mol. The molecule has 0 spiro atoms. The molecule has 0 amide bonds. The Kier molecular flexibility index (Phi) is 2.46. The lowest BCUT2D eigenvalue weighted by Gasteiger charge is -2.14. The normalized spacial score (nSPS) is 13.5. The number of nitrogens with zero attached hydrogens (tertiary/aromatic N) is 1. The average molecular weight is 160 g/mol. The Labute approximate surface area is 63.8 Å². The molecule has 0 radical (unpaired) electrons. The third-order valence-corrected chi connectivity index (χ3v) is 1.34. The van der Waals surface area contributed by atoms with Gasteiger partial charge in [0, 0.05) is 12.4 Å². The molecule has 0 saturated carbocycles. The van der Waals surface area contributed by atoms with Gasteiger partial charge in [-0.15, -0.1) is 0 Å². The first-order valence-corrected chi connectivity index (χ1v) is 3.38. The van der Waals surface area contributed by atoms with Crippen LogP contribution in [0.2, 0.25) is 0 Å². The molecule has 0 fully saturated rings. The third-order valence-electron chi connectivity index (χ3n) is 1.34. The van der Waals surface area contributed by atoms with Crippen molar-refractivity contribution in [2.75, 3.05) is 5.43 Å². The largest absolute Gasteiger partial charge is 0.318 e. The van der Waals surface area contributed by atoms with Crippen molar-refractivity contribution in [3.8, 4) is 0 Å². The fourth-order valence-corrected chi connectivity index (χ4v) is 0.712. The molecule has 62 valence electrons. The quantitative estimate of drug-likeness (QED) is 0.711. The molecule has 0 bridgehead atoms. The molecular weight excluding hydrogens is 150 g/mol. The van der Waals surface area contributed by atoms with Crippen molar-refractivity contribution >= 4 is 0 Å². The SMILES string of the molecule is CC(Nn1cccc1)C(F)F. The summed E-state index contributed by atoms with van der Waals surface area (Å²) >= 11 is 0. The Balaban J connectivity index is 2.43. The molecule has 1 atom stereocenters. The number of alkyl halides is 2. The van der Waals surface area contributed by atoms with Crippen molar-refractivity contribution in [3.05, 3.63) is 24.5 Å². The standard InChI is InChI=1S/C7H10F2N2/c1-6(7(8)9)10-11-4-2-3-5-11/h2-7,10H,1H3. The summed E-state index contributed by atoms with van der Waals surface area (Å²) in [5.74, 6) is 0. The lowest BCUT2D eigenvalue weighted by molar-refractivity contribution is 0.126. The summed E-state index contributed by atoms with van der Waals surface area (Å²) in [6, 6.07) is 2.72. The van der Waals surface area contributed by atoms with Crippen LogP contribution in [0.3, 0.4) is 0 Å². The van der Waals surface area contributed by atoms with Crippen LogP contribution in [0.1, 0.15) is 6.92 Å². The third kappa shape index (κ3) is 2.22. The van der Waals surface area contributed by atoms with Crippen LogP contribution < -0.4 is 5.43 Å². The van der Waals surface area contributed by atoms with Crippen LogP contribution >= 0.6 is 0 Å². The van der Waals surface area contributed by atoms with E-state index >= 15 is 0 Å². The maximum absolute atomic E-state index is 11.9. The molecule has 1 N–H and O–H groups in total. The zero-order valence-electron chi connectivity index (χ0n) is 6.17. The van der Waals surface area contributed by atoms with Gasteiger partial charge in [-0.1, -0.05) is 0 Å². The van der Waals surface area contributed by atoms with Crippen molar-refractivity contribution in [3.63, 3.8) is 0 Å². The molecule has 11 heavy (non-hydrogen) atoms. The molecular formula is C7H10F2N2. The predicted molar refractivity (Wildman–Crippen MR) is 39.3 cm³/mol. The Morgan fingerprint density at radius 2 is 1.82 bits per heavy atom. The Hall–Kier alpha value is -1.06. The molecule has 1 aromatic rings. The summed E-state index contributed by atoms with van der Waals surface area (Å²) in [5.41, 5.74) is 2.59. The highest BCUT2D eigenvalue weighted by Gasteiger charge is 2.12. The number of hydrogen-bond donors (Lipinski definition) is 1. The van der Waals surface area contributed by atoms with Gasteiger partial charge in [-0.05, 0) is 19.1 Å². The fraction of sp³-hybridized carbons (Fsp3) is 0.429. The summed E-state index contributed by atoms with van der Waals surface area (Å²) in [4.78, 5) is 0. The second-order valence-electron chi connectivity index (χ2n) is 2.34. The maximum Gasteiger partial charge on any atom is 0.259 e. The van der Waals surface area contributed by atoms with Crippen LogP contribution in [-0.4, -0.2) is 17.1 Å². The van der Waals surface area contributed by atoms with Crippen LogP contribution in [0, 0.1) is 0 Å². The van der Waals surface area contributed by atoms with Gasteiger partial charge in [0.2, 0.25) is 0 Å². The van der Waals surface area contributed by atoms with Gasteiger partial charge in [-0.2, -0.15) is 0 Å². The van der Waals surface area contributed by atoms with Gasteiger partial charge in [0.05, 0.1) is 0 Å². The fourth-order valence-electron chi connectivity index (χ4n) is 0.712. The predicted octanol–water partition coefficient (Wildman–Crippen LogP) is 1.69. The Bertz CT molecular complexity index is 196. The average Bonchev–Trinajstić information content (AvgIpc) is 2.39. The van der Waals surface area contributed by atoms with Gasteiger partial charge in [0.25, 0.3) is 6.43 Å². The summed E-state index contributed by atoms with van der Waals surface area (Å²) in [5, 5.41) is 0. The molecule has 0 saturated heterocycles. The smallest absolute Gasteiger partial charge is 0.259 e. The number of rotatable bonds is 3. The highest BCUT2D eigenvalue weighted by molar-refractivity contribution is 4.94. The van der Waals surface area contributed by atoms with Crippen molar-refractivity contribution in [2.45, 2.75) is 19.4 Å².